The van der Waals surface area contributed by atoms with Gasteiger partial charge < -0.3 is 10.8 Å². The average Bonchev–Trinajstić information content (AvgIpc) is 3.09. The topological polar surface area (TPSA) is 89.8 Å². The Balaban J connectivity index is 1.30. The Morgan fingerprint density at radius 2 is 2.14 bits per heavy atom. The summed E-state index contributed by atoms with van der Waals surface area (Å²) >= 11 is 6.16. The molecular weight excluding hydrogens is 386 g/mol. The standard InChI is InChI=1S/C22H24ClN5O/c23-16-4-5-17-18(11-16)25-19-10-14-7-13(8-15(9-14)21(19)22(17)24)3-1-2-6-28-12-20(29)26-27-28/h4-5,7,11-12,14-15,29H,1-3,6,8-10H2,(H2,24,25). The molecule has 2 aromatic heterocycles. The number of aromatic nitrogens is 4. The quantitative estimate of drug-likeness (QED) is 0.474. The smallest absolute Gasteiger partial charge is 0.251 e. The Morgan fingerprint density at radius 1 is 1.24 bits per heavy atom. The first-order valence-electron chi connectivity index (χ1n) is 10.2. The van der Waals surface area contributed by atoms with Crippen molar-refractivity contribution in [3.05, 3.63) is 52.3 Å². The van der Waals surface area contributed by atoms with Gasteiger partial charge in [-0.25, -0.2) is 4.68 Å². The lowest BCUT2D eigenvalue weighted by Crippen LogP contribution is -2.24. The van der Waals surface area contributed by atoms with E-state index in [0.717, 1.165) is 60.9 Å². The van der Waals surface area contributed by atoms with Gasteiger partial charge in [0.15, 0.2) is 0 Å². The summed E-state index contributed by atoms with van der Waals surface area (Å²) in [5.74, 6) is 0.989. The second-order valence-corrected chi connectivity index (χ2v) is 8.71. The van der Waals surface area contributed by atoms with Crippen molar-refractivity contribution in [2.45, 2.75) is 51.0 Å². The number of anilines is 1. The highest BCUT2D eigenvalue weighted by Gasteiger charge is 2.33. The van der Waals surface area contributed by atoms with Gasteiger partial charge in [0.1, 0.15) is 0 Å². The molecule has 0 spiro atoms. The van der Waals surface area contributed by atoms with Gasteiger partial charge >= 0.3 is 0 Å². The molecule has 2 atom stereocenters. The lowest BCUT2D eigenvalue weighted by Gasteiger charge is -2.36. The molecule has 0 amide bonds. The maximum absolute atomic E-state index is 9.26. The van der Waals surface area contributed by atoms with Crippen LogP contribution in [0.15, 0.2) is 36.0 Å². The number of nitrogen functional groups attached to an aromatic ring is 1. The molecule has 2 unspecified atom stereocenters. The van der Waals surface area contributed by atoms with Crippen LogP contribution >= 0.6 is 11.6 Å². The van der Waals surface area contributed by atoms with E-state index in [1.807, 2.05) is 18.2 Å². The van der Waals surface area contributed by atoms with Crippen molar-refractivity contribution in [1.29, 1.82) is 0 Å². The molecule has 0 saturated carbocycles. The van der Waals surface area contributed by atoms with E-state index in [0.29, 0.717) is 16.9 Å². The molecule has 150 valence electrons. The Morgan fingerprint density at radius 3 is 2.97 bits per heavy atom. The lowest BCUT2D eigenvalue weighted by atomic mass is 9.70. The number of fused-ring (bicyclic) bond motifs is 5. The first-order valence-corrected chi connectivity index (χ1v) is 10.6. The van der Waals surface area contributed by atoms with Crippen LogP contribution in [-0.4, -0.2) is 25.1 Å². The average molecular weight is 410 g/mol. The Bertz CT molecular complexity index is 1110. The number of benzene rings is 1. The fraction of sp³-hybridized carbons (Fsp3) is 0.409. The molecule has 6 nitrogen and oxygen atoms in total. The summed E-state index contributed by atoms with van der Waals surface area (Å²) < 4.78 is 1.69. The van der Waals surface area contributed by atoms with Crippen molar-refractivity contribution in [1.82, 2.24) is 20.0 Å². The predicted octanol–water partition coefficient (Wildman–Crippen LogP) is 4.61. The van der Waals surface area contributed by atoms with E-state index >= 15 is 0 Å². The van der Waals surface area contributed by atoms with Gasteiger partial charge in [-0.2, -0.15) is 0 Å². The van der Waals surface area contributed by atoms with Crippen LogP contribution in [0.1, 0.15) is 49.3 Å². The first-order chi connectivity index (χ1) is 14.1. The largest absolute Gasteiger partial charge is 0.491 e. The van der Waals surface area contributed by atoms with E-state index in [1.54, 1.807) is 10.9 Å². The first kappa shape index (κ1) is 18.4. The number of hydrogen-bond acceptors (Lipinski definition) is 5. The molecule has 0 fully saturated rings. The fourth-order valence-electron chi connectivity index (χ4n) is 5.00. The van der Waals surface area contributed by atoms with Gasteiger partial charge in [0, 0.05) is 33.9 Å². The molecule has 0 aliphatic heterocycles. The van der Waals surface area contributed by atoms with Gasteiger partial charge in [-0.1, -0.05) is 33.6 Å². The lowest BCUT2D eigenvalue weighted by molar-refractivity contribution is 0.424. The molecule has 2 heterocycles. The molecular formula is C22H24ClN5O. The minimum Gasteiger partial charge on any atom is -0.491 e. The Hall–Kier alpha value is -2.60. The number of pyridine rings is 1. The number of nitrogens with zero attached hydrogens (tertiary/aromatic N) is 4. The van der Waals surface area contributed by atoms with Crippen molar-refractivity contribution in [2.75, 3.05) is 5.73 Å². The normalized spacial score (nSPS) is 20.5. The fourth-order valence-corrected chi connectivity index (χ4v) is 5.16. The number of unbranched alkanes of at least 4 members (excludes halogenated alkanes) is 1. The zero-order chi connectivity index (χ0) is 20.0. The second kappa shape index (κ2) is 7.34. The van der Waals surface area contributed by atoms with Crippen LogP contribution in [-0.2, 0) is 13.0 Å². The molecule has 0 radical (unpaired) electrons. The highest BCUT2D eigenvalue weighted by atomic mass is 35.5. The minimum absolute atomic E-state index is 0.0209. The van der Waals surface area contributed by atoms with Gasteiger partial charge in [-0.3, -0.25) is 4.98 Å². The van der Waals surface area contributed by atoms with Gasteiger partial charge in [-0.05, 0) is 68.6 Å². The predicted molar refractivity (Wildman–Crippen MR) is 114 cm³/mol. The van der Waals surface area contributed by atoms with Crippen LogP contribution in [0.2, 0.25) is 5.02 Å². The molecule has 3 aromatic rings. The second-order valence-electron chi connectivity index (χ2n) is 8.27. The number of aryl methyl sites for hydroxylation is 1. The van der Waals surface area contributed by atoms with Gasteiger partial charge in [0.2, 0.25) is 0 Å². The van der Waals surface area contributed by atoms with Crippen molar-refractivity contribution >= 4 is 28.2 Å². The van der Waals surface area contributed by atoms with E-state index in [-0.39, 0.29) is 5.88 Å². The van der Waals surface area contributed by atoms with E-state index in [1.165, 1.54) is 17.6 Å². The van der Waals surface area contributed by atoms with Gasteiger partial charge in [0.05, 0.1) is 11.7 Å². The zero-order valence-electron chi connectivity index (χ0n) is 16.2. The number of hydrogen-bond donors (Lipinski definition) is 2. The van der Waals surface area contributed by atoms with Gasteiger partial charge in [0.25, 0.3) is 5.88 Å². The highest BCUT2D eigenvalue weighted by molar-refractivity contribution is 6.31. The number of allylic oxidation sites excluding steroid dienone is 2. The number of nitrogens with two attached hydrogens (primary N) is 1. The summed E-state index contributed by atoms with van der Waals surface area (Å²) in [4.78, 5) is 4.93. The Kier molecular flexibility index (Phi) is 4.66. The van der Waals surface area contributed by atoms with Crippen molar-refractivity contribution in [3.8, 4) is 5.88 Å². The third-order valence-corrected chi connectivity index (χ3v) is 6.43. The molecule has 5 rings (SSSR count). The van der Waals surface area contributed by atoms with Crippen LogP contribution in [0.25, 0.3) is 10.9 Å². The number of rotatable bonds is 5. The summed E-state index contributed by atoms with van der Waals surface area (Å²) in [6.07, 6.45) is 10.4. The SMILES string of the molecule is Nc1c2c(nc3cc(Cl)ccc13)CC1C=C(CCCCn3cc(O)nn3)CC2C1. The summed E-state index contributed by atoms with van der Waals surface area (Å²) in [5.41, 5.74) is 12.4. The van der Waals surface area contributed by atoms with E-state index in [4.69, 9.17) is 22.3 Å². The third-order valence-electron chi connectivity index (χ3n) is 6.20. The molecule has 3 N–H and O–H groups in total. The number of aromatic hydroxyl groups is 1. The molecule has 2 aliphatic carbocycles. The number of halogens is 1. The minimum atomic E-state index is -0.0209. The highest BCUT2D eigenvalue weighted by Crippen LogP contribution is 2.47. The van der Waals surface area contributed by atoms with E-state index < -0.39 is 0 Å². The van der Waals surface area contributed by atoms with Crippen LogP contribution in [0, 0.1) is 5.92 Å². The van der Waals surface area contributed by atoms with Gasteiger partial charge in [-0.15, -0.1) is 0 Å². The van der Waals surface area contributed by atoms with E-state index in [2.05, 4.69) is 16.4 Å². The van der Waals surface area contributed by atoms with E-state index in [9.17, 15) is 5.11 Å². The molecule has 7 heteroatoms. The monoisotopic (exact) mass is 409 g/mol. The third kappa shape index (κ3) is 3.57. The Labute approximate surface area is 174 Å². The molecule has 2 bridgehead atoms. The summed E-state index contributed by atoms with van der Waals surface area (Å²) in [6, 6.07) is 5.79. The van der Waals surface area contributed by atoms with Crippen LogP contribution in [0.4, 0.5) is 5.69 Å². The molecule has 1 aromatic carbocycles. The molecule has 29 heavy (non-hydrogen) atoms. The maximum atomic E-state index is 9.26. The summed E-state index contributed by atoms with van der Waals surface area (Å²) in [5, 5.41) is 18.5. The maximum Gasteiger partial charge on any atom is 0.251 e. The summed E-state index contributed by atoms with van der Waals surface area (Å²) in [7, 11) is 0. The van der Waals surface area contributed by atoms with Crippen molar-refractivity contribution in [3.63, 3.8) is 0 Å². The van der Waals surface area contributed by atoms with Crippen LogP contribution < -0.4 is 5.73 Å². The van der Waals surface area contributed by atoms with Crippen LogP contribution in [0.5, 0.6) is 5.88 Å². The summed E-state index contributed by atoms with van der Waals surface area (Å²) in [6.45, 7) is 0.780. The van der Waals surface area contributed by atoms with Crippen molar-refractivity contribution in [2.24, 2.45) is 5.92 Å². The zero-order valence-corrected chi connectivity index (χ0v) is 16.9. The van der Waals surface area contributed by atoms with Crippen molar-refractivity contribution < 1.29 is 5.11 Å². The molecule has 0 saturated heterocycles. The van der Waals surface area contributed by atoms with Crippen LogP contribution in [0.3, 0.4) is 0 Å². The molecule has 2 aliphatic rings.